The number of nitrogens with zero attached hydrogens (tertiary/aromatic N) is 4. The zero-order chi connectivity index (χ0) is 26.4. The summed E-state index contributed by atoms with van der Waals surface area (Å²) < 4.78 is 35.3. The van der Waals surface area contributed by atoms with Crippen LogP contribution in [0.4, 0.5) is 4.79 Å². The molecule has 0 saturated carbocycles. The maximum absolute atomic E-state index is 13.3. The van der Waals surface area contributed by atoms with Gasteiger partial charge in [-0.1, -0.05) is 12.1 Å². The molecular weight excluding hydrogens is 494 g/mol. The number of pyridine rings is 1. The van der Waals surface area contributed by atoms with E-state index in [1.54, 1.807) is 64.3 Å². The Balaban J connectivity index is 1.16. The Kier molecular flexibility index (Phi) is 6.45. The summed E-state index contributed by atoms with van der Waals surface area (Å²) in [4.78, 5) is 31.0. The highest BCUT2D eigenvalue weighted by Gasteiger charge is 2.46. The molecule has 5 rings (SSSR count). The molecule has 0 aliphatic carbocycles. The van der Waals surface area contributed by atoms with Crippen LogP contribution in [0.5, 0.6) is 0 Å². The lowest BCUT2D eigenvalue weighted by molar-refractivity contribution is 0.0278. The van der Waals surface area contributed by atoms with Crippen LogP contribution in [-0.4, -0.2) is 70.8 Å². The molecule has 4 heterocycles. The van der Waals surface area contributed by atoms with Gasteiger partial charge in [-0.05, 0) is 62.4 Å². The Hall–Kier alpha value is -3.44. The minimum absolute atomic E-state index is 0.0957. The first-order valence-corrected chi connectivity index (χ1v) is 13.7. The molecule has 0 spiro atoms. The number of fused-ring (bicyclic) bond motifs is 2. The molecule has 2 fully saturated rings. The Morgan fingerprint density at radius 1 is 1.03 bits per heavy atom. The fraction of sp³-hybridized carbons (Fsp3) is 0.423. The van der Waals surface area contributed by atoms with Crippen molar-refractivity contribution >= 4 is 27.7 Å². The average molecular weight is 526 g/mol. The minimum atomic E-state index is -3.65. The van der Waals surface area contributed by atoms with E-state index in [0.29, 0.717) is 31.7 Å². The lowest BCUT2D eigenvalue weighted by Crippen LogP contribution is -2.38. The van der Waals surface area contributed by atoms with Crippen LogP contribution < -0.4 is 5.32 Å². The number of rotatable bonds is 5. The van der Waals surface area contributed by atoms with Gasteiger partial charge in [0.05, 0.1) is 10.5 Å². The van der Waals surface area contributed by atoms with E-state index in [2.05, 4.69) is 10.3 Å². The molecule has 196 valence electrons. The number of imidazole rings is 1. The van der Waals surface area contributed by atoms with Crippen LogP contribution in [0.25, 0.3) is 5.65 Å². The number of benzene rings is 1. The van der Waals surface area contributed by atoms with Crippen molar-refractivity contribution in [2.75, 3.05) is 26.2 Å². The number of carbonyl (C=O) groups excluding carboxylic acids is 2. The number of nitrogens with one attached hydrogen (secondary N) is 1. The van der Waals surface area contributed by atoms with Gasteiger partial charge in [-0.2, -0.15) is 4.31 Å². The maximum atomic E-state index is 13.3. The predicted octanol–water partition coefficient (Wildman–Crippen LogP) is 2.75. The molecule has 0 bridgehead atoms. The number of amides is 2. The fourth-order valence-corrected chi connectivity index (χ4v) is 6.44. The predicted molar refractivity (Wildman–Crippen MR) is 136 cm³/mol. The van der Waals surface area contributed by atoms with E-state index in [0.717, 1.165) is 11.2 Å². The molecule has 10 nitrogen and oxygen atoms in total. The van der Waals surface area contributed by atoms with Crippen molar-refractivity contribution in [3.8, 4) is 0 Å². The summed E-state index contributed by atoms with van der Waals surface area (Å²) in [5, 5.41) is 2.86. The Bertz CT molecular complexity index is 1410. The van der Waals surface area contributed by atoms with Crippen LogP contribution in [0.1, 0.15) is 36.7 Å². The first kappa shape index (κ1) is 25.2. The van der Waals surface area contributed by atoms with E-state index < -0.39 is 15.6 Å². The van der Waals surface area contributed by atoms with E-state index in [1.807, 2.05) is 20.8 Å². The molecule has 2 saturated heterocycles. The van der Waals surface area contributed by atoms with Crippen LogP contribution in [-0.2, 0) is 21.3 Å². The Morgan fingerprint density at radius 2 is 1.70 bits per heavy atom. The maximum Gasteiger partial charge on any atom is 0.410 e. The average Bonchev–Trinajstić information content (AvgIpc) is 3.56. The first-order chi connectivity index (χ1) is 17.5. The van der Waals surface area contributed by atoms with Gasteiger partial charge in [0.25, 0.3) is 5.91 Å². The molecule has 2 aliphatic rings. The summed E-state index contributed by atoms with van der Waals surface area (Å²) in [6.45, 7) is 7.52. The molecule has 2 unspecified atom stereocenters. The molecule has 2 amide bonds. The lowest BCUT2D eigenvalue weighted by Gasteiger charge is -2.26. The number of ether oxygens (including phenoxy) is 1. The summed E-state index contributed by atoms with van der Waals surface area (Å²) in [7, 11) is -3.65. The highest BCUT2D eigenvalue weighted by molar-refractivity contribution is 7.89. The van der Waals surface area contributed by atoms with Crippen molar-refractivity contribution in [3.63, 3.8) is 0 Å². The highest BCUT2D eigenvalue weighted by atomic mass is 32.2. The lowest BCUT2D eigenvalue weighted by atomic mass is 10.0. The topological polar surface area (TPSA) is 113 Å². The van der Waals surface area contributed by atoms with Crippen LogP contribution in [0.15, 0.2) is 59.9 Å². The van der Waals surface area contributed by atoms with Crippen LogP contribution >= 0.6 is 0 Å². The van der Waals surface area contributed by atoms with Crippen molar-refractivity contribution < 1.29 is 22.7 Å². The number of sulfonamides is 1. The van der Waals surface area contributed by atoms with Crippen molar-refractivity contribution in [3.05, 3.63) is 66.1 Å². The molecule has 2 atom stereocenters. The summed E-state index contributed by atoms with van der Waals surface area (Å²) in [5.74, 6) is -0.0343. The zero-order valence-electron chi connectivity index (χ0n) is 21.1. The standard InChI is InChI=1S/C26H31N5O5S/c1-26(2,3)36-25(33)30-14-20-16-31(17-21(20)15-30)37(34,35)22-7-4-18(5-8-22)12-28-24(32)19-6-9-23-27-10-11-29(23)13-19/h4-11,13,20-21H,12,14-17H2,1-3H3,(H,28,32). The van der Waals surface area contributed by atoms with Crippen LogP contribution in [0.3, 0.4) is 0 Å². The Morgan fingerprint density at radius 3 is 2.35 bits per heavy atom. The van der Waals surface area contributed by atoms with Crippen molar-refractivity contribution in [2.24, 2.45) is 11.8 Å². The van der Waals surface area contributed by atoms with Gasteiger partial charge in [-0.15, -0.1) is 0 Å². The third kappa shape index (κ3) is 5.33. The van der Waals surface area contributed by atoms with E-state index in [1.165, 1.54) is 4.31 Å². The van der Waals surface area contributed by atoms with Crippen LogP contribution in [0, 0.1) is 11.8 Å². The van der Waals surface area contributed by atoms with Gasteiger partial charge >= 0.3 is 6.09 Å². The zero-order valence-corrected chi connectivity index (χ0v) is 21.9. The Labute approximate surface area is 216 Å². The van der Waals surface area contributed by atoms with Crippen molar-refractivity contribution in [1.29, 1.82) is 0 Å². The summed E-state index contributed by atoms with van der Waals surface area (Å²) in [5.41, 5.74) is 1.50. The van der Waals surface area contributed by atoms with Crippen LogP contribution in [0.2, 0.25) is 0 Å². The SMILES string of the molecule is CC(C)(C)OC(=O)N1CC2CN(S(=O)(=O)c3ccc(CNC(=O)c4ccc5nccn5c4)cc3)CC2C1. The molecular formula is C26H31N5O5S. The molecule has 37 heavy (non-hydrogen) atoms. The number of hydrogen-bond donors (Lipinski definition) is 1. The monoisotopic (exact) mass is 525 g/mol. The van der Waals surface area contributed by atoms with Crippen molar-refractivity contribution in [2.45, 2.75) is 37.8 Å². The minimum Gasteiger partial charge on any atom is -0.444 e. The second-order valence-electron chi connectivity index (χ2n) is 10.7. The summed E-state index contributed by atoms with van der Waals surface area (Å²) in [6.07, 6.45) is 4.81. The van der Waals surface area contributed by atoms with E-state index in [4.69, 9.17) is 4.74 Å². The number of likely N-dealkylation sites (tertiary alicyclic amines) is 1. The molecule has 0 radical (unpaired) electrons. The van der Waals surface area contributed by atoms with Gasteiger partial charge < -0.3 is 19.4 Å². The van der Waals surface area contributed by atoms with Gasteiger partial charge in [0.15, 0.2) is 0 Å². The van der Waals surface area contributed by atoms with E-state index in [-0.39, 0.29) is 35.3 Å². The van der Waals surface area contributed by atoms with Gasteiger partial charge in [0.1, 0.15) is 11.2 Å². The van der Waals surface area contributed by atoms with Crippen molar-refractivity contribution in [1.82, 2.24) is 23.9 Å². The van der Waals surface area contributed by atoms with Gasteiger partial charge in [0.2, 0.25) is 10.0 Å². The molecule has 3 aromatic rings. The first-order valence-electron chi connectivity index (χ1n) is 12.3. The number of aromatic nitrogens is 2. The molecule has 2 aromatic heterocycles. The molecule has 1 aromatic carbocycles. The van der Waals surface area contributed by atoms with E-state index >= 15 is 0 Å². The largest absolute Gasteiger partial charge is 0.444 e. The number of hydrogen-bond acceptors (Lipinski definition) is 6. The van der Waals surface area contributed by atoms with Gasteiger partial charge in [0, 0.05) is 51.3 Å². The quantitative estimate of drug-likeness (QED) is 0.548. The second-order valence-corrected chi connectivity index (χ2v) is 12.6. The third-order valence-electron chi connectivity index (χ3n) is 6.77. The van der Waals surface area contributed by atoms with E-state index in [9.17, 15) is 18.0 Å². The second kappa shape index (κ2) is 9.46. The summed E-state index contributed by atoms with van der Waals surface area (Å²) in [6, 6.07) is 10.1. The van der Waals surface area contributed by atoms with Gasteiger partial charge in [-0.25, -0.2) is 18.2 Å². The third-order valence-corrected chi connectivity index (χ3v) is 8.62. The molecule has 2 aliphatic heterocycles. The molecule has 11 heteroatoms. The molecule has 1 N–H and O–H groups in total. The fourth-order valence-electron chi connectivity index (χ4n) is 4.89. The van der Waals surface area contributed by atoms with Gasteiger partial charge in [-0.3, -0.25) is 4.79 Å². The normalized spacial score (nSPS) is 20.2. The summed E-state index contributed by atoms with van der Waals surface area (Å²) >= 11 is 0. The number of carbonyl (C=O) groups is 2. The highest BCUT2D eigenvalue weighted by Crippen LogP contribution is 2.35. The smallest absolute Gasteiger partial charge is 0.410 e.